The van der Waals surface area contributed by atoms with Gasteiger partial charge in [0.05, 0.1) is 0 Å². The van der Waals surface area contributed by atoms with Gasteiger partial charge in [0.25, 0.3) is 5.91 Å². The molecule has 0 unspecified atom stereocenters. The zero-order valence-corrected chi connectivity index (χ0v) is 17.3. The maximum atomic E-state index is 12.5. The van der Waals surface area contributed by atoms with Gasteiger partial charge in [-0.3, -0.25) is 10.1 Å². The summed E-state index contributed by atoms with van der Waals surface area (Å²) >= 11 is 0. The fourth-order valence-electron chi connectivity index (χ4n) is 2.91. The number of hydrogen-bond donors (Lipinski definition) is 2. The molecule has 0 aromatic heterocycles. The number of oxime groups is 1. The topological polar surface area (TPSA) is 79.9 Å². The third-order valence-electron chi connectivity index (χ3n) is 4.19. The molecule has 7 heteroatoms. The van der Waals surface area contributed by atoms with E-state index in [1.54, 1.807) is 6.07 Å². The molecule has 0 heterocycles. The Bertz CT molecular complexity index is 982. The highest BCUT2D eigenvalue weighted by Crippen LogP contribution is 2.18. The Labute approximate surface area is 176 Å². The average Bonchev–Trinajstić information content (AvgIpc) is 2.68. The highest BCUT2D eigenvalue weighted by Gasteiger charge is 2.10. The lowest BCUT2D eigenvalue weighted by molar-refractivity contribution is 0.0969. The number of fused-ring (bicyclic) bond motifs is 1. The molecule has 152 valence electrons. The standard InChI is InChI=1S/C22H24N4O2.ClH/c1-26(2)14-16-10-12-17(13-11-16)15-28-25-22(23)24-21(27)20-9-5-7-18-6-3-4-8-19(18)20;/h3-13H,14-15H2,1-2H3,(H3,23,24,25,27);1H. The Morgan fingerprint density at radius 3 is 2.38 bits per heavy atom. The van der Waals surface area contributed by atoms with Gasteiger partial charge in [0.15, 0.2) is 0 Å². The Morgan fingerprint density at radius 2 is 1.66 bits per heavy atom. The van der Waals surface area contributed by atoms with Gasteiger partial charge in [-0.15, -0.1) is 12.4 Å². The van der Waals surface area contributed by atoms with Gasteiger partial charge in [-0.2, -0.15) is 0 Å². The molecule has 0 spiro atoms. The summed E-state index contributed by atoms with van der Waals surface area (Å²) in [4.78, 5) is 19.9. The molecule has 6 nitrogen and oxygen atoms in total. The van der Waals surface area contributed by atoms with Crippen LogP contribution in [0.1, 0.15) is 21.5 Å². The van der Waals surface area contributed by atoms with Gasteiger partial charge in [0.1, 0.15) is 6.61 Å². The summed E-state index contributed by atoms with van der Waals surface area (Å²) in [7, 11) is 4.06. The number of carbonyl (C=O) groups excluding carboxylic acids is 1. The molecule has 1 amide bonds. The monoisotopic (exact) mass is 412 g/mol. The fourth-order valence-corrected chi connectivity index (χ4v) is 2.91. The number of amides is 1. The van der Waals surface area contributed by atoms with Crippen LogP contribution in [0.3, 0.4) is 0 Å². The normalized spacial score (nSPS) is 11.2. The summed E-state index contributed by atoms with van der Waals surface area (Å²) in [5.41, 5.74) is 8.51. The largest absolute Gasteiger partial charge is 0.388 e. The van der Waals surface area contributed by atoms with Crippen molar-refractivity contribution < 1.29 is 9.63 Å². The lowest BCUT2D eigenvalue weighted by Gasteiger charge is -2.10. The highest BCUT2D eigenvalue weighted by molar-refractivity contribution is 6.12. The first-order valence-corrected chi connectivity index (χ1v) is 9.00. The number of nitrogens with two attached hydrogens (primary N) is 1. The van der Waals surface area contributed by atoms with Crippen LogP contribution in [-0.4, -0.2) is 30.9 Å². The van der Waals surface area contributed by atoms with Gasteiger partial charge in [0.2, 0.25) is 5.96 Å². The first kappa shape index (κ1) is 22.2. The van der Waals surface area contributed by atoms with Crippen molar-refractivity contribution in [3.05, 3.63) is 83.4 Å². The van der Waals surface area contributed by atoms with Crippen molar-refractivity contribution in [3.8, 4) is 0 Å². The first-order chi connectivity index (χ1) is 13.5. The third-order valence-corrected chi connectivity index (χ3v) is 4.19. The van der Waals surface area contributed by atoms with Crippen molar-refractivity contribution in [2.45, 2.75) is 13.2 Å². The minimum atomic E-state index is -0.324. The van der Waals surface area contributed by atoms with Crippen molar-refractivity contribution in [2.75, 3.05) is 14.1 Å². The second kappa shape index (κ2) is 10.5. The molecular formula is C22H25ClN4O2. The number of guanidine groups is 1. The quantitative estimate of drug-likeness (QED) is 0.369. The van der Waals surface area contributed by atoms with Crippen LogP contribution >= 0.6 is 12.4 Å². The number of rotatable bonds is 6. The first-order valence-electron chi connectivity index (χ1n) is 9.00. The van der Waals surface area contributed by atoms with Crippen molar-refractivity contribution in [1.29, 1.82) is 0 Å². The molecule has 3 aromatic rings. The predicted octanol–water partition coefficient (Wildman–Crippen LogP) is 3.50. The van der Waals surface area contributed by atoms with E-state index in [0.29, 0.717) is 5.56 Å². The van der Waals surface area contributed by atoms with Crippen LogP contribution in [0.2, 0.25) is 0 Å². The van der Waals surface area contributed by atoms with Crippen molar-refractivity contribution >= 4 is 35.0 Å². The molecule has 3 rings (SSSR count). The summed E-state index contributed by atoms with van der Waals surface area (Å²) in [6.07, 6.45) is 0. The van der Waals surface area contributed by atoms with Crippen LogP contribution in [-0.2, 0) is 18.0 Å². The molecule has 3 N–H and O–H groups in total. The van der Waals surface area contributed by atoms with E-state index in [1.807, 2.05) is 74.8 Å². The second-order valence-corrected chi connectivity index (χ2v) is 6.79. The molecule has 0 atom stereocenters. The Balaban J connectivity index is 0.00000300. The maximum absolute atomic E-state index is 12.5. The third kappa shape index (κ3) is 6.20. The fraction of sp³-hybridized carbons (Fsp3) is 0.182. The molecule has 3 aromatic carbocycles. The van der Waals surface area contributed by atoms with E-state index in [1.165, 1.54) is 5.56 Å². The van der Waals surface area contributed by atoms with Gasteiger partial charge >= 0.3 is 0 Å². The van der Waals surface area contributed by atoms with Gasteiger partial charge < -0.3 is 15.5 Å². The number of hydrogen-bond acceptors (Lipinski definition) is 4. The Hall–Kier alpha value is -3.09. The van der Waals surface area contributed by atoms with Crippen molar-refractivity contribution in [1.82, 2.24) is 10.2 Å². The van der Waals surface area contributed by atoms with Gasteiger partial charge in [0, 0.05) is 12.1 Å². The molecule has 29 heavy (non-hydrogen) atoms. The van der Waals surface area contributed by atoms with E-state index in [0.717, 1.165) is 22.9 Å². The number of nitrogens with zero attached hydrogens (tertiary/aromatic N) is 2. The molecule has 0 aliphatic heterocycles. The van der Waals surface area contributed by atoms with E-state index in [2.05, 4.69) is 15.4 Å². The average molecular weight is 413 g/mol. The number of benzene rings is 3. The van der Waals surface area contributed by atoms with E-state index in [4.69, 9.17) is 10.6 Å². The highest BCUT2D eigenvalue weighted by atomic mass is 35.5. The van der Waals surface area contributed by atoms with Gasteiger partial charge in [-0.1, -0.05) is 60.7 Å². The van der Waals surface area contributed by atoms with Crippen molar-refractivity contribution in [2.24, 2.45) is 10.9 Å². The SMILES string of the molecule is CN(C)Cc1ccc(CON=C(N)NC(=O)c2cccc3ccccc23)cc1.Cl. The number of carbonyl (C=O) groups is 1. The van der Waals surface area contributed by atoms with Crippen molar-refractivity contribution in [3.63, 3.8) is 0 Å². The molecule has 0 bridgehead atoms. The van der Waals surface area contributed by atoms with E-state index in [-0.39, 0.29) is 30.9 Å². The summed E-state index contributed by atoms with van der Waals surface area (Å²) < 4.78 is 0. The van der Waals surface area contributed by atoms with E-state index >= 15 is 0 Å². The summed E-state index contributed by atoms with van der Waals surface area (Å²) in [5, 5.41) is 8.20. The van der Waals surface area contributed by atoms with Crippen LogP contribution in [0, 0.1) is 0 Å². The molecule has 0 saturated carbocycles. The van der Waals surface area contributed by atoms with Crippen LogP contribution in [0.15, 0.2) is 71.9 Å². The molecule has 0 radical (unpaired) electrons. The minimum absolute atomic E-state index is 0. The predicted molar refractivity (Wildman–Crippen MR) is 119 cm³/mol. The molecule has 0 fully saturated rings. The molecule has 0 saturated heterocycles. The maximum Gasteiger partial charge on any atom is 0.258 e. The second-order valence-electron chi connectivity index (χ2n) is 6.79. The molecular weight excluding hydrogens is 388 g/mol. The zero-order chi connectivity index (χ0) is 19.9. The summed E-state index contributed by atoms with van der Waals surface area (Å²) in [5.74, 6) is -0.406. The number of halogens is 1. The molecule has 0 aliphatic carbocycles. The summed E-state index contributed by atoms with van der Waals surface area (Å²) in [6, 6.07) is 21.3. The van der Waals surface area contributed by atoms with E-state index < -0.39 is 0 Å². The van der Waals surface area contributed by atoms with Crippen LogP contribution in [0.4, 0.5) is 0 Å². The summed E-state index contributed by atoms with van der Waals surface area (Å²) in [6.45, 7) is 1.15. The zero-order valence-electron chi connectivity index (χ0n) is 16.5. The van der Waals surface area contributed by atoms with Gasteiger partial charge in [-0.05, 0) is 47.2 Å². The van der Waals surface area contributed by atoms with E-state index in [9.17, 15) is 4.79 Å². The number of nitrogens with one attached hydrogen (secondary N) is 1. The van der Waals surface area contributed by atoms with Crippen LogP contribution < -0.4 is 11.1 Å². The van der Waals surface area contributed by atoms with Gasteiger partial charge in [-0.25, -0.2) is 0 Å². The van der Waals surface area contributed by atoms with Crippen LogP contribution in [0.5, 0.6) is 0 Å². The Kier molecular flexibility index (Phi) is 8.00. The molecule has 0 aliphatic rings. The van der Waals surface area contributed by atoms with Crippen LogP contribution in [0.25, 0.3) is 10.8 Å². The lowest BCUT2D eigenvalue weighted by atomic mass is 10.0. The minimum Gasteiger partial charge on any atom is -0.388 e. The Morgan fingerprint density at radius 1 is 1.00 bits per heavy atom. The lowest BCUT2D eigenvalue weighted by Crippen LogP contribution is -2.37. The smallest absolute Gasteiger partial charge is 0.258 e.